The van der Waals surface area contributed by atoms with E-state index < -0.39 is 0 Å². The molecule has 0 spiro atoms. The van der Waals surface area contributed by atoms with Crippen LogP contribution in [-0.4, -0.2) is 15.0 Å². The van der Waals surface area contributed by atoms with Gasteiger partial charge in [-0.2, -0.15) is 0 Å². The van der Waals surface area contributed by atoms with Crippen molar-refractivity contribution in [2.75, 3.05) is 0 Å². The monoisotopic (exact) mass is 676 g/mol. The molecule has 0 atom stereocenters. The molecule has 0 aromatic carbocycles. The zero-order valence-corrected chi connectivity index (χ0v) is 22.9. The summed E-state index contributed by atoms with van der Waals surface area (Å²) in [6, 6.07) is 30.2. The summed E-state index contributed by atoms with van der Waals surface area (Å²) in [7, 11) is 0. The molecule has 0 fully saturated rings. The van der Waals surface area contributed by atoms with Gasteiger partial charge >= 0.3 is 20.1 Å². The van der Waals surface area contributed by atoms with Crippen molar-refractivity contribution in [3.05, 3.63) is 126 Å². The first-order valence-corrected chi connectivity index (χ1v) is 12.9. The van der Waals surface area contributed by atoms with Crippen LogP contribution in [-0.2, 0) is 20.1 Å². The van der Waals surface area contributed by atoms with E-state index in [-0.39, 0.29) is 20.1 Å². The Kier molecular flexibility index (Phi) is 11.0. The second-order valence-electron chi connectivity index (χ2n) is 6.58. The summed E-state index contributed by atoms with van der Waals surface area (Å²) in [4.78, 5) is 16.4. The van der Waals surface area contributed by atoms with E-state index in [1.54, 1.807) is 34.0 Å². The summed E-state index contributed by atoms with van der Waals surface area (Å²) in [5, 5.41) is 6.18. The molecule has 0 radical (unpaired) electrons. The molecule has 7 heteroatoms. The smallest absolute Gasteiger partial charge is 0.255 e. The molecule has 6 aromatic rings. The third-order valence-corrected chi connectivity index (χ3v) is 6.99. The Morgan fingerprint density at radius 1 is 0.382 bits per heavy atom. The zero-order valence-electron chi connectivity index (χ0n) is 18.0. The molecule has 0 aliphatic rings. The first-order chi connectivity index (χ1) is 16.4. The number of rotatable bonds is 3. The normalized spacial score (nSPS) is 9.53. The van der Waals surface area contributed by atoms with Crippen LogP contribution in [0.3, 0.4) is 0 Å². The summed E-state index contributed by atoms with van der Waals surface area (Å²) in [5.41, 5.74) is 3.17. The van der Waals surface area contributed by atoms with Gasteiger partial charge in [-0.3, -0.25) is 15.0 Å². The van der Waals surface area contributed by atoms with Crippen molar-refractivity contribution in [3.8, 4) is 31.7 Å². The van der Waals surface area contributed by atoms with E-state index in [9.17, 15) is 0 Å². The van der Waals surface area contributed by atoms with Gasteiger partial charge in [-0.05, 0) is 70.7 Å². The standard InChI is InChI=1S/3C9H7NS.Ir/c3*1-2-6-10-8(4-1)9-5-3-7-11-9;/h3*1-7H;/q;;;+3. The van der Waals surface area contributed by atoms with Crippen molar-refractivity contribution in [2.45, 2.75) is 0 Å². The zero-order chi connectivity index (χ0) is 22.6. The molecular formula is C27H21IrN3S3+3. The van der Waals surface area contributed by atoms with Crippen molar-refractivity contribution >= 4 is 34.0 Å². The molecule has 34 heavy (non-hydrogen) atoms. The number of hydrogen-bond donors (Lipinski definition) is 0. The molecular weight excluding hydrogens is 655 g/mol. The maximum atomic E-state index is 4.23. The van der Waals surface area contributed by atoms with Crippen LogP contribution in [0.25, 0.3) is 31.7 Å². The Bertz CT molecular complexity index is 1110. The summed E-state index contributed by atoms with van der Waals surface area (Å²) < 4.78 is 0. The third kappa shape index (κ3) is 7.90. The topological polar surface area (TPSA) is 38.7 Å². The van der Waals surface area contributed by atoms with E-state index in [2.05, 4.69) is 49.3 Å². The maximum Gasteiger partial charge on any atom is 3.00 e. The molecule has 0 aliphatic heterocycles. The molecule has 0 saturated heterocycles. The Labute approximate surface area is 225 Å². The molecule has 6 rings (SSSR count). The summed E-state index contributed by atoms with van der Waals surface area (Å²) in [6.45, 7) is 0. The van der Waals surface area contributed by atoms with Gasteiger partial charge in [0.25, 0.3) is 0 Å². The first kappa shape index (κ1) is 25.8. The number of aromatic nitrogens is 3. The van der Waals surface area contributed by atoms with Crippen molar-refractivity contribution < 1.29 is 20.1 Å². The predicted molar refractivity (Wildman–Crippen MR) is 143 cm³/mol. The Morgan fingerprint density at radius 2 is 0.706 bits per heavy atom. The average Bonchev–Trinajstić information content (AvgIpc) is 3.70. The fourth-order valence-corrected chi connectivity index (χ4v) is 4.91. The summed E-state index contributed by atoms with van der Waals surface area (Å²) >= 11 is 5.14. The Hall–Kier alpha value is -2.80. The number of nitrogens with zero attached hydrogens (tertiary/aromatic N) is 3. The minimum atomic E-state index is 0. The van der Waals surface area contributed by atoms with Crippen molar-refractivity contribution in [3.63, 3.8) is 0 Å². The van der Waals surface area contributed by atoms with Crippen LogP contribution in [0.4, 0.5) is 0 Å². The Balaban J connectivity index is 0.000000141. The number of hydrogen-bond acceptors (Lipinski definition) is 6. The molecule has 0 bridgehead atoms. The van der Waals surface area contributed by atoms with E-state index in [0.717, 1.165) is 17.1 Å². The number of pyridine rings is 3. The van der Waals surface area contributed by atoms with E-state index in [1.165, 1.54) is 14.6 Å². The second kappa shape index (κ2) is 14.5. The summed E-state index contributed by atoms with van der Waals surface area (Å²) in [6.07, 6.45) is 5.44. The van der Waals surface area contributed by atoms with Gasteiger partial charge in [0.05, 0.1) is 31.7 Å². The molecule has 0 unspecified atom stereocenters. The van der Waals surface area contributed by atoms with E-state index in [0.29, 0.717) is 0 Å². The largest absolute Gasteiger partial charge is 3.00 e. The molecule has 6 heterocycles. The SMILES string of the molecule is [Ir+3].c1ccc(-c2cccs2)nc1.c1ccc(-c2cccs2)nc1.c1ccc(-c2cccs2)nc1. The van der Waals surface area contributed by atoms with Gasteiger partial charge in [-0.1, -0.05) is 36.4 Å². The van der Waals surface area contributed by atoms with Crippen LogP contribution >= 0.6 is 34.0 Å². The van der Waals surface area contributed by atoms with Gasteiger partial charge in [-0.25, -0.2) is 0 Å². The predicted octanol–water partition coefficient (Wildman–Crippen LogP) is 8.43. The second-order valence-corrected chi connectivity index (χ2v) is 9.42. The van der Waals surface area contributed by atoms with Gasteiger partial charge in [0, 0.05) is 18.6 Å². The fourth-order valence-electron chi connectivity index (χ4n) is 2.80. The maximum absolute atomic E-state index is 4.23. The Morgan fingerprint density at radius 3 is 0.912 bits per heavy atom. The van der Waals surface area contributed by atoms with Crippen molar-refractivity contribution in [2.24, 2.45) is 0 Å². The molecule has 0 saturated carbocycles. The quantitative estimate of drug-likeness (QED) is 0.189. The van der Waals surface area contributed by atoms with Crippen molar-refractivity contribution in [1.29, 1.82) is 0 Å². The minimum absolute atomic E-state index is 0. The van der Waals surface area contributed by atoms with Gasteiger partial charge in [0.1, 0.15) is 0 Å². The fraction of sp³-hybridized carbons (Fsp3) is 0. The molecule has 3 nitrogen and oxygen atoms in total. The van der Waals surface area contributed by atoms with Crippen LogP contribution in [0.2, 0.25) is 0 Å². The number of thiophene rings is 3. The molecule has 0 N–H and O–H groups in total. The molecule has 6 aromatic heterocycles. The van der Waals surface area contributed by atoms with E-state index >= 15 is 0 Å². The van der Waals surface area contributed by atoms with Crippen LogP contribution in [0, 0.1) is 0 Å². The van der Waals surface area contributed by atoms with Crippen LogP contribution < -0.4 is 0 Å². The van der Waals surface area contributed by atoms with Crippen LogP contribution in [0.1, 0.15) is 0 Å². The minimum Gasteiger partial charge on any atom is -0.255 e. The van der Waals surface area contributed by atoms with Gasteiger partial charge < -0.3 is 0 Å². The van der Waals surface area contributed by atoms with Gasteiger partial charge in [-0.15, -0.1) is 34.0 Å². The van der Waals surface area contributed by atoms with Crippen LogP contribution in [0.5, 0.6) is 0 Å². The molecule has 0 amide bonds. The van der Waals surface area contributed by atoms with E-state index in [1.807, 2.05) is 91.4 Å². The van der Waals surface area contributed by atoms with Gasteiger partial charge in [0.2, 0.25) is 0 Å². The van der Waals surface area contributed by atoms with Gasteiger partial charge in [0.15, 0.2) is 0 Å². The third-order valence-electron chi connectivity index (χ3n) is 4.32. The van der Waals surface area contributed by atoms with Crippen molar-refractivity contribution in [1.82, 2.24) is 15.0 Å². The summed E-state index contributed by atoms with van der Waals surface area (Å²) in [5.74, 6) is 0. The molecule has 0 aliphatic carbocycles. The molecule has 168 valence electrons. The average molecular weight is 676 g/mol. The van der Waals surface area contributed by atoms with Crippen LogP contribution in [0.15, 0.2) is 126 Å². The first-order valence-electron chi connectivity index (χ1n) is 10.2. The van der Waals surface area contributed by atoms with E-state index in [4.69, 9.17) is 0 Å².